The third-order valence-corrected chi connectivity index (χ3v) is 6.83. The SMILES string of the molecule is CCOC(=O)[C@H]1[C@H]2COc3cc(OC)ccc3[C@@H]2N2C(=O)N(c3cccc(F)c3)C(=O)[C@@]12C. The van der Waals surface area contributed by atoms with Gasteiger partial charge in [0.1, 0.15) is 22.9 Å². The number of amides is 3. The molecule has 2 saturated heterocycles. The molecule has 3 aliphatic rings. The van der Waals surface area contributed by atoms with Crippen molar-refractivity contribution in [2.75, 3.05) is 25.2 Å². The van der Waals surface area contributed by atoms with Crippen LogP contribution in [0.3, 0.4) is 0 Å². The lowest BCUT2D eigenvalue weighted by Gasteiger charge is -2.34. The Morgan fingerprint density at radius 2 is 2.03 bits per heavy atom. The Labute approximate surface area is 189 Å². The zero-order valence-electron chi connectivity index (χ0n) is 18.4. The second-order valence-electron chi connectivity index (χ2n) is 8.47. The molecule has 4 atom stereocenters. The number of carbonyl (C=O) groups is 3. The number of carbonyl (C=O) groups excluding carboxylic acids is 3. The van der Waals surface area contributed by atoms with E-state index in [0.717, 1.165) is 11.0 Å². The minimum absolute atomic E-state index is 0.113. The maximum Gasteiger partial charge on any atom is 0.332 e. The smallest absolute Gasteiger partial charge is 0.332 e. The summed E-state index contributed by atoms with van der Waals surface area (Å²) >= 11 is 0. The molecule has 0 aliphatic carbocycles. The van der Waals surface area contributed by atoms with Crippen LogP contribution in [0.4, 0.5) is 14.9 Å². The Balaban J connectivity index is 1.68. The molecule has 0 spiro atoms. The highest BCUT2D eigenvalue weighted by atomic mass is 19.1. The molecule has 33 heavy (non-hydrogen) atoms. The van der Waals surface area contributed by atoms with Crippen LogP contribution in [-0.4, -0.2) is 48.7 Å². The highest BCUT2D eigenvalue weighted by molar-refractivity contribution is 6.24. The number of imide groups is 1. The molecule has 8 nitrogen and oxygen atoms in total. The molecular formula is C24H23FN2O6. The molecule has 0 unspecified atom stereocenters. The maximum absolute atomic E-state index is 13.9. The molecule has 2 aromatic rings. The Hall–Kier alpha value is -3.62. The van der Waals surface area contributed by atoms with Gasteiger partial charge in [-0.15, -0.1) is 0 Å². The number of rotatable bonds is 4. The summed E-state index contributed by atoms with van der Waals surface area (Å²) in [5, 5.41) is 0. The first kappa shape index (κ1) is 21.2. The summed E-state index contributed by atoms with van der Waals surface area (Å²) in [7, 11) is 1.54. The highest BCUT2D eigenvalue weighted by Gasteiger charge is 2.72. The van der Waals surface area contributed by atoms with Gasteiger partial charge in [0.05, 0.1) is 38.0 Å². The van der Waals surface area contributed by atoms with E-state index >= 15 is 0 Å². The molecule has 0 saturated carbocycles. The first-order valence-corrected chi connectivity index (χ1v) is 10.7. The third kappa shape index (κ3) is 2.84. The number of ether oxygens (including phenoxy) is 3. The van der Waals surface area contributed by atoms with Gasteiger partial charge < -0.3 is 19.1 Å². The van der Waals surface area contributed by atoms with Crippen molar-refractivity contribution in [1.82, 2.24) is 4.90 Å². The van der Waals surface area contributed by atoms with E-state index < -0.39 is 47.1 Å². The van der Waals surface area contributed by atoms with Crippen LogP contribution >= 0.6 is 0 Å². The van der Waals surface area contributed by atoms with Crippen molar-refractivity contribution in [2.24, 2.45) is 11.8 Å². The minimum Gasteiger partial charge on any atom is -0.497 e. The minimum atomic E-state index is -1.52. The molecule has 0 aromatic heterocycles. The van der Waals surface area contributed by atoms with Crippen molar-refractivity contribution in [3.63, 3.8) is 0 Å². The van der Waals surface area contributed by atoms with Crippen LogP contribution in [0, 0.1) is 17.7 Å². The molecule has 0 bridgehead atoms. The van der Waals surface area contributed by atoms with Gasteiger partial charge in [-0.25, -0.2) is 14.1 Å². The Bertz CT molecular complexity index is 1170. The summed E-state index contributed by atoms with van der Waals surface area (Å²) < 4.78 is 30.5. The Kier molecular flexibility index (Phi) is 4.81. The zero-order valence-corrected chi connectivity index (χ0v) is 18.4. The number of methoxy groups -OCH3 is 1. The lowest BCUT2D eigenvalue weighted by atomic mass is 9.77. The highest BCUT2D eigenvalue weighted by Crippen LogP contribution is 2.58. The van der Waals surface area contributed by atoms with Crippen LogP contribution in [0.5, 0.6) is 11.5 Å². The molecule has 0 N–H and O–H groups in total. The topological polar surface area (TPSA) is 85.4 Å². The van der Waals surface area contributed by atoms with E-state index in [1.165, 1.54) is 30.2 Å². The number of esters is 1. The number of hydrogen-bond donors (Lipinski definition) is 0. The van der Waals surface area contributed by atoms with Crippen molar-refractivity contribution < 1.29 is 33.0 Å². The molecular weight excluding hydrogens is 431 g/mol. The van der Waals surface area contributed by atoms with Crippen LogP contribution in [-0.2, 0) is 14.3 Å². The largest absolute Gasteiger partial charge is 0.497 e. The first-order chi connectivity index (χ1) is 15.8. The summed E-state index contributed by atoms with van der Waals surface area (Å²) in [5.41, 5.74) is -0.732. The molecule has 0 radical (unpaired) electrons. The molecule has 3 aliphatic heterocycles. The predicted octanol–water partition coefficient (Wildman–Crippen LogP) is 3.30. The van der Waals surface area contributed by atoms with Gasteiger partial charge in [0, 0.05) is 17.5 Å². The normalized spacial score (nSPS) is 27.6. The average molecular weight is 454 g/mol. The summed E-state index contributed by atoms with van der Waals surface area (Å²) in [5.74, 6) is -2.08. The molecule has 5 rings (SSSR count). The van der Waals surface area contributed by atoms with Crippen molar-refractivity contribution in [3.05, 3.63) is 53.8 Å². The fraction of sp³-hybridized carbons (Fsp3) is 0.375. The molecule has 9 heteroatoms. The fourth-order valence-corrected chi connectivity index (χ4v) is 5.44. The molecule has 2 fully saturated rings. The lowest BCUT2D eigenvalue weighted by molar-refractivity contribution is -0.154. The van der Waals surface area contributed by atoms with Gasteiger partial charge in [0.15, 0.2) is 0 Å². The number of halogens is 1. The second-order valence-corrected chi connectivity index (χ2v) is 8.47. The van der Waals surface area contributed by atoms with Gasteiger partial charge in [-0.1, -0.05) is 6.07 Å². The van der Waals surface area contributed by atoms with Crippen molar-refractivity contribution in [3.8, 4) is 11.5 Å². The van der Waals surface area contributed by atoms with Gasteiger partial charge in [0.2, 0.25) is 0 Å². The summed E-state index contributed by atoms with van der Waals surface area (Å²) in [6.45, 7) is 3.52. The van der Waals surface area contributed by atoms with Gasteiger partial charge in [-0.2, -0.15) is 0 Å². The van der Waals surface area contributed by atoms with Gasteiger partial charge in [-0.3, -0.25) is 9.59 Å². The molecule has 2 aromatic carbocycles. The Morgan fingerprint density at radius 3 is 2.73 bits per heavy atom. The summed E-state index contributed by atoms with van der Waals surface area (Å²) in [4.78, 5) is 43.0. The lowest BCUT2D eigenvalue weighted by Crippen LogP contribution is -2.51. The average Bonchev–Trinajstić information content (AvgIpc) is 3.18. The summed E-state index contributed by atoms with van der Waals surface area (Å²) in [6.07, 6.45) is 0. The number of urea groups is 1. The van der Waals surface area contributed by atoms with Crippen molar-refractivity contribution >= 4 is 23.6 Å². The van der Waals surface area contributed by atoms with Gasteiger partial charge >= 0.3 is 12.0 Å². The number of anilines is 1. The van der Waals surface area contributed by atoms with Gasteiger partial charge in [0.25, 0.3) is 5.91 Å². The van der Waals surface area contributed by atoms with E-state index in [-0.39, 0.29) is 18.9 Å². The van der Waals surface area contributed by atoms with E-state index in [4.69, 9.17) is 14.2 Å². The van der Waals surface area contributed by atoms with Crippen molar-refractivity contribution in [1.29, 1.82) is 0 Å². The van der Waals surface area contributed by atoms with Crippen LogP contribution in [0.1, 0.15) is 25.5 Å². The Morgan fingerprint density at radius 1 is 1.24 bits per heavy atom. The van der Waals surface area contributed by atoms with Crippen LogP contribution in [0.15, 0.2) is 42.5 Å². The molecule has 172 valence electrons. The maximum atomic E-state index is 13.9. The number of benzene rings is 2. The van der Waals surface area contributed by atoms with Gasteiger partial charge in [-0.05, 0) is 44.2 Å². The van der Waals surface area contributed by atoms with Crippen LogP contribution < -0.4 is 14.4 Å². The standard InChI is InChI=1S/C24H23FN2O6/c1-4-32-21(28)19-17-12-33-18-11-15(31-3)8-9-16(18)20(17)27-23(30)26(22(29)24(19,27)2)14-7-5-6-13(25)10-14/h5-11,17,19-20H,4,12H2,1-3H3/t17-,19-,20+,24-/m1/s1. The number of nitrogens with zero attached hydrogens (tertiary/aromatic N) is 2. The van der Waals surface area contributed by atoms with Crippen molar-refractivity contribution in [2.45, 2.75) is 25.4 Å². The predicted molar refractivity (Wildman–Crippen MR) is 114 cm³/mol. The van der Waals surface area contributed by atoms with E-state index in [1.54, 1.807) is 32.0 Å². The number of hydrogen-bond acceptors (Lipinski definition) is 6. The van der Waals surface area contributed by atoms with E-state index in [0.29, 0.717) is 17.1 Å². The van der Waals surface area contributed by atoms with Crippen LogP contribution in [0.2, 0.25) is 0 Å². The second kappa shape index (κ2) is 7.47. The van der Waals surface area contributed by atoms with E-state index in [2.05, 4.69) is 0 Å². The van der Waals surface area contributed by atoms with E-state index in [1.807, 2.05) is 0 Å². The quantitative estimate of drug-likeness (QED) is 0.521. The number of fused-ring (bicyclic) bond motifs is 5. The monoisotopic (exact) mass is 454 g/mol. The van der Waals surface area contributed by atoms with Crippen LogP contribution in [0.25, 0.3) is 0 Å². The first-order valence-electron chi connectivity index (χ1n) is 10.7. The fourth-order valence-electron chi connectivity index (χ4n) is 5.44. The third-order valence-electron chi connectivity index (χ3n) is 6.83. The molecule has 3 heterocycles. The van der Waals surface area contributed by atoms with E-state index in [9.17, 15) is 18.8 Å². The summed E-state index contributed by atoms with van der Waals surface area (Å²) in [6, 6.07) is 9.30. The molecule has 3 amide bonds. The zero-order chi connectivity index (χ0) is 23.5.